The van der Waals surface area contributed by atoms with E-state index >= 15 is 0 Å². The van der Waals surface area contributed by atoms with E-state index in [1.807, 2.05) is 50.3 Å². The SMILES string of the molecule is Cc1ccc([C@@H](C)NC(=O)[C@@H]2CC=CC[C@@H]2C(=O)O)cc1. The molecule has 1 amide bonds. The maximum Gasteiger partial charge on any atom is 0.307 e. The molecule has 1 aromatic carbocycles. The average Bonchev–Trinajstić information content (AvgIpc) is 2.47. The number of hydrogen-bond donors (Lipinski definition) is 2. The Labute approximate surface area is 124 Å². The number of nitrogens with one attached hydrogen (secondary N) is 1. The summed E-state index contributed by atoms with van der Waals surface area (Å²) in [6.07, 6.45) is 4.64. The van der Waals surface area contributed by atoms with Crippen LogP contribution in [0.2, 0.25) is 0 Å². The fourth-order valence-corrected chi connectivity index (χ4v) is 2.64. The molecular formula is C17H21NO3. The van der Waals surface area contributed by atoms with Crippen LogP contribution in [0, 0.1) is 18.8 Å². The van der Waals surface area contributed by atoms with Crippen LogP contribution in [0.15, 0.2) is 36.4 Å². The van der Waals surface area contributed by atoms with E-state index in [-0.39, 0.29) is 11.9 Å². The van der Waals surface area contributed by atoms with Crippen molar-refractivity contribution in [1.82, 2.24) is 5.32 Å². The third-order valence-corrected chi connectivity index (χ3v) is 4.02. The highest BCUT2D eigenvalue weighted by Gasteiger charge is 2.34. The van der Waals surface area contributed by atoms with Crippen LogP contribution in [0.3, 0.4) is 0 Å². The van der Waals surface area contributed by atoms with Crippen LogP contribution in [0.4, 0.5) is 0 Å². The van der Waals surface area contributed by atoms with Gasteiger partial charge in [0.2, 0.25) is 5.91 Å². The summed E-state index contributed by atoms with van der Waals surface area (Å²) in [4.78, 5) is 23.6. The lowest BCUT2D eigenvalue weighted by atomic mass is 9.82. The van der Waals surface area contributed by atoms with Gasteiger partial charge in [-0.1, -0.05) is 42.0 Å². The van der Waals surface area contributed by atoms with E-state index in [4.69, 9.17) is 0 Å². The molecule has 0 aromatic heterocycles. The molecule has 0 unspecified atom stereocenters. The minimum atomic E-state index is -0.900. The smallest absolute Gasteiger partial charge is 0.307 e. The summed E-state index contributed by atoms with van der Waals surface area (Å²) in [5.41, 5.74) is 2.19. The molecule has 0 bridgehead atoms. The second-order valence-electron chi connectivity index (χ2n) is 5.63. The largest absolute Gasteiger partial charge is 0.481 e. The summed E-state index contributed by atoms with van der Waals surface area (Å²) in [5.74, 6) is -2.19. The van der Waals surface area contributed by atoms with Crippen molar-refractivity contribution in [2.24, 2.45) is 11.8 Å². The lowest BCUT2D eigenvalue weighted by Gasteiger charge is -2.26. The molecule has 1 aliphatic rings. The standard InChI is InChI=1S/C17H21NO3/c1-11-7-9-13(10-8-11)12(2)18-16(19)14-5-3-4-6-15(14)17(20)21/h3-4,7-10,12,14-15H,5-6H2,1-2H3,(H,18,19)(H,20,21)/t12-,14-,15+/m1/s1. The fraction of sp³-hybridized carbons (Fsp3) is 0.412. The highest BCUT2D eigenvalue weighted by Crippen LogP contribution is 2.27. The van der Waals surface area contributed by atoms with Crippen molar-refractivity contribution >= 4 is 11.9 Å². The molecule has 0 radical (unpaired) electrons. The van der Waals surface area contributed by atoms with Crippen molar-refractivity contribution < 1.29 is 14.7 Å². The number of hydrogen-bond acceptors (Lipinski definition) is 2. The summed E-state index contributed by atoms with van der Waals surface area (Å²) in [6.45, 7) is 3.93. The molecule has 0 heterocycles. The second kappa shape index (κ2) is 6.57. The zero-order chi connectivity index (χ0) is 15.4. The maximum absolute atomic E-state index is 12.4. The number of carbonyl (C=O) groups excluding carboxylic acids is 1. The lowest BCUT2D eigenvalue weighted by molar-refractivity contribution is -0.147. The number of carboxylic acids is 1. The minimum Gasteiger partial charge on any atom is -0.481 e. The van der Waals surface area contributed by atoms with Crippen molar-refractivity contribution in [2.75, 3.05) is 0 Å². The quantitative estimate of drug-likeness (QED) is 0.837. The fourth-order valence-electron chi connectivity index (χ4n) is 2.64. The highest BCUT2D eigenvalue weighted by atomic mass is 16.4. The third-order valence-electron chi connectivity index (χ3n) is 4.02. The van der Waals surface area contributed by atoms with Crippen LogP contribution >= 0.6 is 0 Å². The molecule has 1 aliphatic carbocycles. The highest BCUT2D eigenvalue weighted by molar-refractivity contribution is 5.85. The Kier molecular flexibility index (Phi) is 4.78. The summed E-state index contributed by atoms with van der Waals surface area (Å²) in [6, 6.07) is 7.84. The second-order valence-corrected chi connectivity index (χ2v) is 5.63. The first-order chi connectivity index (χ1) is 9.99. The van der Waals surface area contributed by atoms with Gasteiger partial charge in [0.05, 0.1) is 17.9 Å². The number of allylic oxidation sites excluding steroid dienone is 2. The van der Waals surface area contributed by atoms with Gasteiger partial charge < -0.3 is 10.4 Å². The molecule has 0 spiro atoms. The molecule has 112 valence electrons. The molecule has 4 heteroatoms. The van der Waals surface area contributed by atoms with E-state index in [1.54, 1.807) is 0 Å². The predicted molar refractivity (Wildman–Crippen MR) is 80.7 cm³/mol. The molecule has 1 aromatic rings. The Morgan fingerprint density at radius 2 is 1.71 bits per heavy atom. The Bertz CT molecular complexity index is 548. The number of carbonyl (C=O) groups is 2. The van der Waals surface area contributed by atoms with E-state index < -0.39 is 17.8 Å². The van der Waals surface area contributed by atoms with E-state index in [0.29, 0.717) is 12.8 Å². The van der Waals surface area contributed by atoms with Crippen LogP contribution in [-0.2, 0) is 9.59 Å². The van der Waals surface area contributed by atoms with Gasteiger partial charge in [0.25, 0.3) is 0 Å². The third kappa shape index (κ3) is 3.72. The van der Waals surface area contributed by atoms with Crippen molar-refractivity contribution in [2.45, 2.75) is 32.7 Å². The lowest BCUT2D eigenvalue weighted by Crippen LogP contribution is -2.39. The molecule has 0 fully saturated rings. The molecule has 21 heavy (non-hydrogen) atoms. The normalized spacial score (nSPS) is 22.6. The first-order valence-corrected chi connectivity index (χ1v) is 7.23. The summed E-state index contributed by atoms with van der Waals surface area (Å²) in [5, 5.41) is 12.2. The zero-order valence-corrected chi connectivity index (χ0v) is 12.4. The van der Waals surface area contributed by atoms with Gasteiger partial charge in [-0.3, -0.25) is 9.59 Å². The van der Waals surface area contributed by atoms with Crippen LogP contribution in [0.1, 0.15) is 36.9 Å². The van der Waals surface area contributed by atoms with Crippen LogP contribution < -0.4 is 5.32 Å². The number of amides is 1. The van der Waals surface area contributed by atoms with Crippen molar-refractivity contribution in [3.63, 3.8) is 0 Å². The van der Waals surface area contributed by atoms with E-state index in [1.165, 1.54) is 5.56 Å². The summed E-state index contributed by atoms with van der Waals surface area (Å²) >= 11 is 0. The topological polar surface area (TPSA) is 66.4 Å². The van der Waals surface area contributed by atoms with Gasteiger partial charge >= 0.3 is 5.97 Å². The Morgan fingerprint density at radius 1 is 1.14 bits per heavy atom. The van der Waals surface area contributed by atoms with Gasteiger partial charge in [-0.2, -0.15) is 0 Å². The van der Waals surface area contributed by atoms with Crippen molar-refractivity contribution in [1.29, 1.82) is 0 Å². The number of aryl methyl sites for hydroxylation is 1. The molecule has 0 saturated heterocycles. The van der Waals surface area contributed by atoms with E-state index in [9.17, 15) is 14.7 Å². The van der Waals surface area contributed by atoms with Crippen LogP contribution in [0.5, 0.6) is 0 Å². The van der Waals surface area contributed by atoms with E-state index in [2.05, 4.69) is 5.32 Å². The number of benzene rings is 1. The minimum absolute atomic E-state index is 0.126. The van der Waals surface area contributed by atoms with Crippen molar-refractivity contribution in [3.05, 3.63) is 47.5 Å². The Morgan fingerprint density at radius 3 is 2.29 bits per heavy atom. The molecule has 2 N–H and O–H groups in total. The Hall–Kier alpha value is -2.10. The molecule has 0 aliphatic heterocycles. The van der Waals surface area contributed by atoms with Gasteiger partial charge in [-0.15, -0.1) is 0 Å². The predicted octanol–water partition coefficient (Wildman–Crippen LogP) is 2.84. The monoisotopic (exact) mass is 287 g/mol. The summed E-state index contributed by atoms with van der Waals surface area (Å²) < 4.78 is 0. The molecule has 4 nitrogen and oxygen atoms in total. The maximum atomic E-state index is 12.4. The first-order valence-electron chi connectivity index (χ1n) is 7.23. The number of rotatable bonds is 4. The van der Waals surface area contributed by atoms with Gasteiger partial charge in [0.1, 0.15) is 0 Å². The average molecular weight is 287 g/mol. The van der Waals surface area contributed by atoms with Crippen LogP contribution in [-0.4, -0.2) is 17.0 Å². The summed E-state index contributed by atoms with van der Waals surface area (Å²) in [7, 11) is 0. The van der Waals surface area contributed by atoms with Gasteiger partial charge in [-0.05, 0) is 32.3 Å². The van der Waals surface area contributed by atoms with E-state index in [0.717, 1.165) is 5.56 Å². The Balaban J connectivity index is 2.04. The number of carboxylic acid groups (broad SMARTS) is 1. The van der Waals surface area contributed by atoms with Crippen LogP contribution in [0.25, 0.3) is 0 Å². The molecule has 2 rings (SSSR count). The number of aliphatic carboxylic acids is 1. The van der Waals surface area contributed by atoms with Crippen molar-refractivity contribution in [3.8, 4) is 0 Å². The van der Waals surface area contributed by atoms with Gasteiger partial charge in [0, 0.05) is 0 Å². The molecule has 3 atom stereocenters. The van der Waals surface area contributed by atoms with Gasteiger partial charge in [0.15, 0.2) is 0 Å². The first kappa shape index (κ1) is 15.3. The molecular weight excluding hydrogens is 266 g/mol. The van der Waals surface area contributed by atoms with Gasteiger partial charge in [-0.25, -0.2) is 0 Å². The molecule has 0 saturated carbocycles. The zero-order valence-electron chi connectivity index (χ0n) is 12.4.